The van der Waals surface area contributed by atoms with Gasteiger partial charge in [0.05, 0.1) is 9.55 Å². The Morgan fingerprint density at radius 3 is 2.56 bits per heavy atom. The molecule has 0 spiro atoms. The van der Waals surface area contributed by atoms with Crippen LogP contribution in [0.3, 0.4) is 0 Å². The molecule has 4 rings (SSSR count). The molecule has 4 aromatic rings. The Balaban J connectivity index is 1.94. The van der Waals surface area contributed by atoms with E-state index in [1.165, 1.54) is 15.7 Å². The average molecular weight is 409 g/mol. The first-order valence-electron chi connectivity index (χ1n) is 7.14. The Hall–Kier alpha value is -1.92. The van der Waals surface area contributed by atoms with Gasteiger partial charge in [0.25, 0.3) is 5.56 Å². The summed E-state index contributed by atoms with van der Waals surface area (Å²) in [6.45, 7) is 0. The molecule has 0 N–H and O–H groups in total. The first-order chi connectivity index (χ1) is 12.0. The average Bonchev–Trinajstić information content (AvgIpc) is 3.12. The molecule has 0 aliphatic rings. The van der Waals surface area contributed by atoms with Gasteiger partial charge in [-0.25, -0.2) is 4.40 Å². The third kappa shape index (κ3) is 2.93. The van der Waals surface area contributed by atoms with E-state index in [1.807, 2.05) is 12.1 Å². The fourth-order valence-electron chi connectivity index (χ4n) is 2.44. The molecule has 0 saturated carbocycles. The fourth-order valence-corrected chi connectivity index (χ4v) is 4.03. The second kappa shape index (κ2) is 6.42. The van der Waals surface area contributed by atoms with Crippen LogP contribution in [-0.4, -0.2) is 14.6 Å². The second-order valence-corrected chi connectivity index (χ2v) is 7.46. The zero-order valence-corrected chi connectivity index (χ0v) is 15.5. The van der Waals surface area contributed by atoms with E-state index in [-0.39, 0.29) is 5.56 Å². The van der Waals surface area contributed by atoms with Gasteiger partial charge in [-0.15, -0.1) is 10.2 Å². The molecule has 8 heteroatoms. The van der Waals surface area contributed by atoms with Gasteiger partial charge in [-0.1, -0.05) is 64.3 Å². The van der Waals surface area contributed by atoms with E-state index in [4.69, 9.17) is 34.8 Å². The van der Waals surface area contributed by atoms with E-state index in [0.29, 0.717) is 41.5 Å². The van der Waals surface area contributed by atoms with Gasteiger partial charge >= 0.3 is 0 Å². The number of fused-ring (bicyclic) bond motifs is 1. The van der Waals surface area contributed by atoms with E-state index >= 15 is 0 Å². The highest BCUT2D eigenvalue weighted by Gasteiger charge is 2.16. The Bertz CT molecular complexity index is 1220. The third-order valence-corrected chi connectivity index (χ3v) is 5.46. The van der Waals surface area contributed by atoms with Gasteiger partial charge in [0.2, 0.25) is 4.96 Å². The molecule has 124 valence electrons. The van der Waals surface area contributed by atoms with Crippen molar-refractivity contribution in [2.75, 3.05) is 0 Å². The molecule has 0 atom stereocenters. The molecule has 2 heterocycles. The Morgan fingerprint density at radius 2 is 1.80 bits per heavy atom. The van der Waals surface area contributed by atoms with E-state index in [9.17, 15) is 4.79 Å². The SMILES string of the molecule is O=c1c(=Cc2ccc(Cl)cc2Cl)sc2nnc(-c3ccccc3Cl)n12. The quantitative estimate of drug-likeness (QED) is 0.496. The minimum absolute atomic E-state index is 0.217. The van der Waals surface area contributed by atoms with Crippen molar-refractivity contribution in [2.24, 2.45) is 0 Å². The maximum atomic E-state index is 12.8. The summed E-state index contributed by atoms with van der Waals surface area (Å²) in [5, 5.41) is 9.72. The van der Waals surface area contributed by atoms with Crippen LogP contribution in [0, 0.1) is 0 Å². The first kappa shape index (κ1) is 16.5. The zero-order chi connectivity index (χ0) is 17.6. The lowest BCUT2D eigenvalue weighted by Gasteiger charge is -1.99. The topological polar surface area (TPSA) is 47.3 Å². The van der Waals surface area contributed by atoms with Gasteiger partial charge in [0, 0.05) is 15.6 Å². The zero-order valence-electron chi connectivity index (χ0n) is 12.4. The van der Waals surface area contributed by atoms with Crippen molar-refractivity contribution in [1.29, 1.82) is 0 Å². The van der Waals surface area contributed by atoms with Crippen LogP contribution in [0.4, 0.5) is 0 Å². The summed E-state index contributed by atoms with van der Waals surface area (Å²) in [6, 6.07) is 12.3. The Kier molecular flexibility index (Phi) is 4.25. The van der Waals surface area contributed by atoms with Crippen molar-refractivity contribution in [3.63, 3.8) is 0 Å². The monoisotopic (exact) mass is 407 g/mol. The second-order valence-electron chi connectivity index (χ2n) is 5.20. The first-order valence-corrected chi connectivity index (χ1v) is 9.09. The normalized spacial score (nSPS) is 12.2. The molecule has 0 aliphatic heterocycles. The minimum Gasteiger partial charge on any atom is -0.267 e. The number of halogens is 3. The number of hydrogen-bond acceptors (Lipinski definition) is 4. The number of hydrogen-bond donors (Lipinski definition) is 0. The number of rotatable bonds is 2. The molecular weight excluding hydrogens is 401 g/mol. The van der Waals surface area contributed by atoms with E-state index in [0.717, 1.165) is 0 Å². The van der Waals surface area contributed by atoms with Crippen LogP contribution in [0.1, 0.15) is 5.56 Å². The highest BCUT2D eigenvalue weighted by Crippen LogP contribution is 2.26. The molecule has 0 bridgehead atoms. The number of thiazole rings is 1. The smallest absolute Gasteiger partial charge is 0.267 e. The van der Waals surface area contributed by atoms with Crippen molar-refractivity contribution < 1.29 is 0 Å². The summed E-state index contributed by atoms with van der Waals surface area (Å²) < 4.78 is 1.96. The van der Waals surface area contributed by atoms with E-state index < -0.39 is 0 Å². The summed E-state index contributed by atoms with van der Waals surface area (Å²) in [7, 11) is 0. The van der Waals surface area contributed by atoms with Crippen molar-refractivity contribution in [1.82, 2.24) is 14.6 Å². The molecule has 0 saturated heterocycles. The minimum atomic E-state index is -0.217. The van der Waals surface area contributed by atoms with Gasteiger partial charge < -0.3 is 0 Å². The van der Waals surface area contributed by atoms with Crippen molar-refractivity contribution in [3.8, 4) is 11.4 Å². The lowest BCUT2D eigenvalue weighted by atomic mass is 10.2. The van der Waals surface area contributed by atoms with Gasteiger partial charge in [-0.05, 0) is 35.9 Å². The van der Waals surface area contributed by atoms with Gasteiger partial charge in [0.1, 0.15) is 0 Å². The Morgan fingerprint density at radius 1 is 1.00 bits per heavy atom. The Labute approximate surface area is 160 Å². The van der Waals surface area contributed by atoms with Gasteiger partial charge in [0.15, 0.2) is 5.82 Å². The molecule has 25 heavy (non-hydrogen) atoms. The molecule has 4 nitrogen and oxygen atoms in total. The number of benzene rings is 2. The van der Waals surface area contributed by atoms with Crippen LogP contribution in [0.5, 0.6) is 0 Å². The third-order valence-electron chi connectivity index (χ3n) is 3.61. The maximum absolute atomic E-state index is 12.8. The predicted octanol–water partition coefficient (Wildman–Crippen LogP) is 4.33. The molecule has 0 radical (unpaired) electrons. The molecule has 0 fully saturated rings. The number of nitrogens with zero attached hydrogens (tertiary/aromatic N) is 3. The van der Waals surface area contributed by atoms with Gasteiger partial charge in [-0.3, -0.25) is 4.79 Å². The van der Waals surface area contributed by atoms with Crippen LogP contribution < -0.4 is 10.1 Å². The van der Waals surface area contributed by atoms with E-state index in [2.05, 4.69) is 10.2 Å². The summed E-state index contributed by atoms with van der Waals surface area (Å²) >= 11 is 19.6. The lowest BCUT2D eigenvalue weighted by molar-refractivity contribution is 1.09. The highest BCUT2D eigenvalue weighted by molar-refractivity contribution is 7.15. The summed E-state index contributed by atoms with van der Waals surface area (Å²) in [6.07, 6.45) is 1.72. The molecule has 0 aliphatic carbocycles. The maximum Gasteiger partial charge on any atom is 0.276 e. The summed E-state index contributed by atoms with van der Waals surface area (Å²) in [5.74, 6) is 0.420. The van der Waals surface area contributed by atoms with Crippen molar-refractivity contribution >= 4 is 57.2 Å². The molecular formula is C17H8Cl3N3OS. The molecule has 2 aromatic carbocycles. The summed E-state index contributed by atoms with van der Waals surface area (Å²) in [5.41, 5.74) is 1.15. The van der Waals surface area contributed by atoms with Crippen molar-refractivity contribution in [3.05, 3.63) is 78.0 Å². The van der Waals surface area contributed by atoms with Crippen LogP contribution >= 0.6 is 46.1 Å². The van der Waals surface area contributed by atoms with Gasteiger partial charge in [-0.2, -0.15) is 0 Å². The molecule has 0 unspecified atom stereocenters. The molecule has 0 amide bonds. The lowest BCUT2D eigenvalue weighted by Crippen LogP contribution is -2.23. The van der Waals surface area contributed by atoms with E-state index in [1.54, 1.807) is 36.4 Å². The van der Waals surface area contributed by atoms with Crippen LogP contribution in [0.15, 0.2) is 47.3 Å². The number of aromatic nitrogens is 3. The van der Waals surface area contributed by atoms with Crippen LogP contribution in [0.2, 0.25) is 15.1 Å². The largest absolute Gasteiger partial charge is 0.276 e. The van der Waals surface area contributed by atoms with Crippen LogP contribution in [-0.2, 0) is 0 Å². The van der Waals surface area contributed by atoms with Crippen molar-refractivity contribution in [2.45, 2.75) is 0 Å². The fraction of sp³-hybridized carbons (Fsp3) is 0. The molecule has 2 aromatic heterocycles. The predicted molar refractivity (Wildman–Crippen MR) is 103 cm³/mol. The standard InChI is InChI=1S/C17H8Cl3N3OS/c18-10-6-5-9(13(20)8-10)7-14-16(24)23-15(21-22-17(23)25-14)11-3-1-2-4-12(11)19/h1-8H. The highest BCUT2D eigenvalue weighted by atomic mass is 35.5. The summed E-state index contributed by atoms with van der Waals surface area (Å²) in [4.78, 5) is 13.3. The van der Waals surface area contributed by atoms with Crippen LogP contribution in [0.25, 0.3) is 22.4 Å².